The molecule has 1 aromatic rings. The van der Waals surface area contributed by atoms with E-state index in [0.717, 1.165) is 30.6 Å². The van der Waals surface area contributed by atoms with Crippen LogP contribution in [0.2, 0.25) is 0 Å². The molecule has 0 aliphatic heterocycles. The van der Waals surface area contributed by atoms with Crippen LogP contribution < -0.4 is 4.52 Å². The second-order valence-corrected chi connectivity index (χ2v) is 10.4. The van der Waals surface area contributed by atoms with Gasteiger partial charge in [0.15, 0.2) is 0 Å². The summed E-state index contributed by atoms with van der Waals surface area (Å²) in [6.45, 7) is 2.14. The maximum atomic E-state index is 9.60. The van der Waals surface area contributed by atoms with E-state index in [2.05, 4.69) is 51.1 Å². The van der Waals surface area contributed by atoms with Crippen molar-refractivity contribution >= 4 is 21.5 Å². The molecule has 154 valence electrons. The van der Waals surface area contributed by atoms with E-state index in [0.29, 0.717) is 11.7 Å². The van der Waals surface area contributed by atoms with Crippen LogP contribution in [-0.2, 0) is 4.74 Å². The maximum Gasteiger partial charge on any atom is 0.322 e. The van der Waals surface area contributed by atoms with Crippen molar-refractivity contribution in [1.82, 2.24) is 0 Å². The molecule has 1 fully saturated rings. The standard InChI is InChI=1S/C24H24O4P2/c1-4-5-6-7-10-18-15-17(2)21-13-9-14-22(18)23(21)24(27-3)19-11-8-12-20(16-19)28-30(25,26)29/h1,8,11-12,15-16,18,21-22,25-26,29H,9,13-14H2,2-3H3/b24-23-. The van der Waals surface area contributed by atoms with Gasteiger partial charge in [-0.25, -0.2) is 0 Å². The number of fused-ring (bicyclic) bond motifs is 2. The van der Waals surface area contributed by atoms with E-state index >= 15 is 0 Å². The molecule has 1 saturated carbocycles. The van der Waals surface area contributed by atoms with Gasteiger partial charge in [0.25, 0.3) is 0 Å². The molecule has 0 radical (unpaired) electrons. The Labute approximate surface area is 180 Å². The molecule has 0 aromatic heterocycles. The molecule has 4 nitrogen and oxygen atoms in total. The van der Waals surface area contributed by atoms with Gasteiger partial charge in [-0.3, -0.25) is 0 Å². The van der Waals surface area contributed by atoms with Gasteiger partial charge in [0.05, 0.1) is 7.11 Å². The fraction of sp³-hybridized carbons (Fsp3) is 0.333. The molecule has 3 rings (SSSR count). The number of hydrogen-bond acceptors (Lipinski definition) is 2. The van der Waals surface area contributed by atoms with Gasteiger partial charge in [-0.1, -0.05) is 36.1 Å². The molecule has 0 spiro atoms. The van der Waals surface area contributed by atoms with Crippen molar-refractivity contribution in [1.29, 1.82) is 0 Å². The Balaban J connectivity index is 2.09. The lowest BCUT2D eigenvalue weighted by molar-refractivity contribution is 0.308. The second kappa shape index (κ2) is 9.63. The Kier molecular flexibility index (Phi) is 7.16. The van der Waals surface area contributed by atoms with Crippen molar-refractivity contribution in [2.75, 3.05) is 7.11 Å². The van der Waals surface area contributed by atoms with Crippen LogP contribution in [0.5, 0.6) is 5.75 Å². The van der Waals surface area contributed by atoms with E-state index in [9.17, 15) is 9.79 Å². The van der Waals surface area contributed by atoms with Crippen LogP contribution in [0.25, 0.3) is 5.76 Å². The van der Waals surface area contributed by atoms with Crippen molar-refractivity contribution in [3.8, 4) is 41.8 Å². The van der Waals surface area contributed by atoms with E-state index in [-0.39, 0.29) is 11.8 Å². The number of methoxy groups -OCH3 is 1. The molecule has 30 heavy (non-hydrogen) atoms. The zero-order valence-electron chi connectivity index (χ0n) is 17.0. The van der Waals surface area contributed by atoms with Crippen LogP contribution in [0.4, 0.5) is 0 Å². The van der Waals surface area contributed by atoms with Crippen LogP contribution in [-0.4, -0.2) is 16.9 Å². The smallest absolute Gasteiger partial charge is 0.322 e. The van der Waals surface area contributed by atoms with Crippen LogP contribution in [0.3, 0.4) is 0 Å². The molecule has 3 atom stereocenters. The van der Waals surface area contributed by atoms with Gasteiger partial charge in [0.2, 0.25) is 0 Å². The van der Waals surface area contributed by atoms with Crippen molar-refractivity contribution in [3.63, 3.8) is 0 Å². The summed E-state index contributed by atoms with van der Waals surface area (Å²) in [7, 11) is 0.900. The molecule has 1 aromatic carbocycles. The van der Waals surface area contributed by atoms with Gasteiger partial charge in [-0.15, -0.1) is 6.42 Å². The number of terminal acetylenes is 1. The highest BCUT2D eigenvalue weighted by Gasteiger charge is 2.39. The van der Waals surface area contributed by atoms with Crippen molar-refractivity contribution < 1.29 is 19.0 Å². The average molecular weight is 438 g/mol. The van der Waals surface area contributed by atoms with Gasteiger partial charge in [0.1, 0.15) is 11.5 Å². The molecular weight excluding hydrogens is 414 g/mol. The fourth-order valence-electron chi connectivity index (χ4n) is 4.37. The lowest BCUT2D eigenvalue weighted by atomic mass is 9.64. The molecule has 3 unspecified atom stereocenters. The number of rotatable bonds is 4. The van der Waals surface area contributed by atoms with E-state index in [1.54, 1.807) is 25.3 Å². The van der Waals surface area contributed by atoms with E-state index < -0.39 is 7.23 Å². The lowest BCUT2D eigenvalue weighted by Gasteiger charge is -2.41. The van der Waals surface area contributed by atoms with Crippen molar-refractivity contribution in [2.24, 2.45) is 17.8 Å². The molecule has 2 N–H and O–H groups in total. The van der Waals surface area contributed by atoms with Crippen LogP contribution >= 0.6 is 15.8 Å². The predicted octanol–water partition coefficient (Wildman–Crippen LogP) is 4.86. The Bertz CT molecular complexity index is 1100. The van der Waals surface area contributed by atoms with Crippen LogP contribution in [0.1, 0.15) is 31.7 Å². The maximum absolute atomic E-state index is 9.60. The minimum Gasteiger partial charge on any atom is -0.496 e. The van der Waals surface area contributed by atoms with Crippen molar-refractivity contribution in [3.05, 3.63) is 47.1 Å². The lowest BCUT2D eigenvalue weighted by Crippen LogP contribution is -2.31. The fourth-order valence-corrected chi connectivity index (χ4v) is 5.10. The normalized spacial score (nSPS) is 24.1. The first kappa shape index (κ1) is 22.3. The van der Waals surface area contributed by atoms with Gasteiger partial charge in [-0.05, 0) is 69.7 Å². The summed E-state index contributed by atoms with van der Waals surface area (Å²) in [5.74, 6) is 15.4. The van der Waals surface area contributed by atoms with Gasteiger partial charge >= 0.3 is 7.23 Å². The summed E-state index contributed by atoms with van der Waals surface area (Å²) in [6.07, 6.45) is 10.6. The van der Waals surface area contributed by atoms with Crippen molar-refractivity contribution in [2.45, 2.75) is 26.2 Å². The topological polar surface area (TPSA) is 58.9 Å². The highest BCUT2D eigenvalue weighted by molar-refractivity contribution is 7.88. The monoisotopic (exact) mass is 438 g/mol. The first-order valence-electron chi connectivity index (χ1n) is 9.66. The van der Waals surface area contributed by atoms with Gasteiger partial charge in [-0.2, -0.15) is 0 Å². The quantitative estimate of drug-likeness (QED) is 0.305. The summed E-state index contributed by atoms with van der Waals surface area (Å²) in [5.41, 5.74) is 3.34. The van der Waals surface area contributed by atoms with Gasteiger partial charge < -0.3 is 19.0 Å². The molecule has 0 amide bonds. The molecule has 2 aliphatic carbocycles. The number of hydrogen-bond donors (Lipinski definition) is 2. The molecule has 6 heteroatoms. The Morgan fingerprint density at radius 1 is 1.23 bits per heavy atom. The molecule has 2 aliphatic rings. The predicted molar refractivity (Wildman–Crippen MR) is 123 cm³/mol. The highest BCUT2D eigenvalue weighted by Crippen LogP contribution is 2.50. The SMILES string of the molecule is C#CC#CC#CC1C=C(C)C2CCCC1/C2=C(\OC)c1cccc(OP(O)(O)=P)c1. The van der Waals surface area contributed by atoms with Crippen LogP contribution in [0, 0.1) is 53.8 Å². The zero-order valence-corrected chi connectivity index (χ0v) is 18.9. The third-order valence-electron chi connectivity index (χ3n) is 5.44. The Morgan fingerprint density at radius 2 is 2.03 bits per heavy atom. The minimum absolute atomic E-state index is 0.0453. The average Bonchev–Trinajstić information content (AvgIpc) is 2.69. The summed E-state index contributed by atoms with van der Waals surface area (Å²) in [4.78, 5) is 19.2. The second-order valence-electron chi connectivity index (χ2n) is 7.34. The zero-order chi connectivity index (χ0) is 21.7. The van der Waals surface area contributed by atoms with E-state index in [1.165, 1.54) is 11.1 Å². The minimum atomic E-state index is -3.59. The summed E-state index contributed by atoms with van der Waals surface area (Å²) in [6, 6.07) is 7.17. The Hall–Kier alpha value is -2.37. The first-order chi connectivity index (χ1) is 14.3. The molecular formula is C24H24O4P2. The number of benzene rings is 1. The Morgan fingerprint density at radius 3 is 2.73 bits per heavy atom. The summed E-state index contributed by atoms with van der Waals surface area (Å²) >= 11 is 0. The highest BCUT2D eigenvalue weighted by atomic mass is 31.8. The van der Waals surface area contributed by atoms with Crippen LogP contribution in [0.15, 0.2) is 41.5 Å². The third kappa shape index (κ3) is 5.21. The number of allylic oxidation sites excluding steroid dienone is 3. The summed E-state index contributed by atoms with van der Waals surface area (Å²) in [5, 5.41) is 0. The first-order valence-corrected chi connectivity index (χ1v) is 12.6. The largest absolute Gasteiger partial charge is 0.496 e. The summed E-state index contributed by atoms with van der Waals surface area (Å²) < 4.78 is 11.1. The van der Waals surface area contributed by atoms with Gasteiger partial charge in [0, 0.05) is 23.3 Å². The molecule has 2 bridgehead atoms. The van der Waals surface area contributed by atoms with E-state index in [4.69, 9.17) is 15.7 Å². The molecule has 0 saturated heterocycles. The number of ether oxygens (including phenoxy) is 1. The third-order valence-corrected chi connectivity index (χ3v) is 6.18. The van der Waals surface area contributed by atoms with E-state index in [1.807, 2.05) is 6.07 Å². The molecule has 0 heterocycles.